The van der Waals surface area contributed by atoms with E-state index in [1.807, 2.05) is 6.92 Å². The number of halogens is 2. The molecule has 0 aliphatic carbocycles. The van der Waals surface area contributed by atoms with Crippen LogP contribution in [0.2, 0.25) is 0 Å². The summed E-state index contributed by atoms with van der Waals surface area (Å²) in [5, 5.41) is 3.13. The maximum atomic E-state index is 13.7. The van der Waals surface area contributed by atoms with Crippen LogP contribution in [0.1, 0.15) is 24.8 Å². The van der Waals surface area contributed by atoms with Gasteiger partial charge in [0.15, 0.2) is 5.78 Å². The average molecular weight is 408 g/mol. The molecule has 5 nitrogen and oxygen atoms in total. The Kier molecular flexibility index (Phi) is 4.00. The van der Waals surface area contributed by atoms with Gasteiger partial charge in [0.2, 0.25) is 0 Å². The molecule has 0 bridgehead atoms. The van der Waals surface area contributed by atoms with E-state index in [0.717, 1.165) is 0 Å². The van der Waals surface area contributed by atoms with E-state index in [0.29, 0.717) is 34.5 Å². The Morgan fingerprint density at radius 3 is 2.72 bits per heavy atom. The number of nitrogens with one attached hydrogen (secondary N) is 1. The molecule has 1 aromatic carbocycles. The van der Waals surface area contributed by atoms with Gasteiger partial charge in [0.25, 0.3) is 0 Å². The first-order valence-corrected chi connectivity index (χ1v) is 8.81. The van der Waals surface area contributed by atoms with Crippen LogP contribution in [0.5, 0.6) is 0 Å². The highest BCUT2D eigenvalue weighted by molar-refractivity contribution is 9.10. The number of dihydropyridines is 1. The zero-order chi connectivity index (χ0) is 17.7. The number of cyclic esters (lactones) is 1. The van der Waals surface area contributed by atoms with E-state index in [2.05, 4.69) is 21.2 Å². The highest BCUT2D eigenvalue weighted by Gasteiger charge is 2.45. The monoisotopic (exact) mass is 407 g/mol. The number of Topliss-reactive ketones (excluding diaryl/α,β-unsaturated/α-hetero) is 1. The second kappa shape index (κ2) is 6.07. The van der Waals surface area contributed by atoms with E-state index in [1.54, 1.807) is 12.1 Å². The Hall–Kier alpha value is -1.99. The highest BCUT2D eigenvalue weighted by atomic mass is 79.9. The molecule has 1 aromatic rings. The first kappa shape index (κ1) is 16.5. The minimum absolute atomic E-state index is 0.134. The summed E-state index contributed by atoms with van der Waals surface area (Å²) in [6.45, 7) is 2.28. The molecule has 25 heavy (non-hydrogen) atoms. The van der Waals surface area contributed by atoms with Crippen LogP contribution in [-0.4, -0.2) is 31.1 Å². The molecule has 4 rings (SSSR count). The topological polar surface area (TPSA) is 64.6 Å². The van der Waals surface area contributed by atoms with Crippen molar-refractivity contribution in [1.29, 1.82) is 0 Å². The van der Waals surface area contributed by atoms with Gasteiger partial charge in [-0.1, -0.05) is 13.0 Å². The molecule has 0 aromatic heterocycles. The number of rotatable bonds is 2. The molecule has 3 aliphatic rings. The number of benzene rings is 1. The van der Waals surface area contributed by atoms with Crippen LogP contribution in [-0.2, 0) is 19.1 Å². The maximum Gasteiger partial charge on any atom is 0.337 e. The largest absolute Gasteiger partial charge is 0.456 e. The van der Waals surface area contributed by atoms with Gasteiger partial charge >= 0.3 is 5.97 Å². The van der Waals surface area contributed by atoms with Crippen LogP contribution in [0.15, 0.2) is 45.2 Å². The smallest absolute Gasteiger partial charge is 0.337 e. The molecular formula is C18H15BrFNO4. The Morgan fingerprint density at radius 1 is 1.24 bits per heavy atom. The zero-order valence-electron chi connectivity index (χ0n) is 13.4. The fourth-order valence-electron chi connectivity index (χ4n) is 3.55. The lowest BCUT2D eigenvalue weighted by Crippen LogP contribution is -2.41. The number of hydrogen-bond acceptors (Lipinski definition) is 5. The number of ketones is 1. The van der Waals surface area contributed by atoms with Gasteiger partial charge in [-0.15, -0.1) is 0 Å². The molecule has 0 spiro atoms. The van der Waals surface area contributed by atoms with E-state index < -0.39 is 23.8 Å². The Bertz CT molecular complexity index is 861. The van der Waals surface area contributed by atoms with Gasteiger partial charge in [0, 0.05) is 17.2 Å². The zero-order valence-corrected chi connectivity index (χ0v) is 15.0. The van der Waals surface area contributed by atoms with E-state index in [4.69, 9.17) is 9.47 Å². The number of carbonyl (C=O) groups excluding carboxylic acids is 2. The molecule has 1 N–H and O–H groups in total. The number of esters is 1. The summed E-state index contributed by atoms with van der Waals surface area (Å²) in [6.07, 6.45) is 0.0118. The van der Waals surface area contributed by atoms with Crippen LogP contribution in [0.4, 0.5) is 4.39 Å². The van der Waals surface area contributed by atoms with E-state index in [1.165, 1.54) is 6.07 Å². The SMILES string of the molecule is CC[C@@H]1OCC2=C(C1=O)[C@@H](c1ccc(F)c(Br)c1)C1=C(COC1=O)N2. The van der Waals surface area contributed by atoms with Gasteiger partial charge in [-0.05, 0) is 40.0 Å². The van der Waals surface area contributed by atoms with Gasteiger partial charge in [-0.25, -0.2) is 9.18 Å². The third-order valence-corrected chi connectivity index (χ3v) is 5.34. The van der Waals surface area contributed by atoms with Gasteiger partial charge < -0.3 is 14.8 Å². The number of ether oxygens (including phenoxy) is 2. The summed E-state index contributed by atoms with van der Waals surface area (Å²) in [7, 11) is 0. The Balaban J connectivity index is 1.89. The van der Waals surface area contributed by atoms with Crippen LogP contribution >= 0.6 is 15.9 Å². The van der Waals surface area contributed by atoms with Crippen LogP contribution in [0.25, 0.3) is 0 Å². The van der Waals surface area contributed by atoms with Gasteiger partial charge in [0.1, 0.15) is 18.5 Å². The first-order valence-electron chi connectivity index (χ1n) is 8.02. The first-order chi connectivity index (χ1) is 12.0. The van der Waals surface area contributed by atoms with Gasteiger partial charge in [0.05, 0.1) is 22.3 Å². The average Bonchev–Trinajstić information content (AvgIpc) is 2.97. The molecule has 0 amide bonds. The van der Waals surface area contributed by atoms with Crippen molar-refractivity contribution in [2.24, 2.45) is 0 Å². The lowest BCUT2D eigenvalue weighted by molar-refractivity contribution is -0.136. The van der Waals surface area contributed by atoms with E-state index >= 15 is 0 Å². The molecular weight excluding hydrogens is 393 g/mol. The lowest BCUT2D eigenvalue weighted by atomic mass is 9.77. The summed E-state index contributed by atoms with van der Waals surface area (Å²) in [5.74, 6) is -1.58. The van der Waals surface area contributed by atoms with Crippen molar-refractivity contribution in [1.82, 2.24) is 5.32 Å². The second-order valence-electron chi connectivity index (χ2n) is 6.16. The van der Waals surface area contributed by atoms with Crippen molar-refractivity contribution in [3.63, 3.8) is 0 Å². The molecule has 2 atom stereocenters. The van der Waals surface area contributed by atoms with Crippen LogP contribution < -0.4 is 5.32 Å². The molecule has 0 radical (unpaired) electrons. The normalized spacial score (nSPS) is 25.6. The molecule has 130 valence electrons. The third-order valence-electron chi connectivity index (χ3n) is 4.73. The standard InChI is InChI=1S/C18H15BrFNO4/c1-2-13-17(22)15-11(6-24-13)21-12-7-25-18(23)16(12)14(15)8-3-4-10(20)9(19)5-8/h3-5,13-14,21H,2,6-7H2,1H3/t13-,14+/m0/s1. The van der Waals surface area contributed by atoms with E-state index in [9.17, 15) is 14.0 Å². The molecule has 0 fully saturated rings. The Morgan fingerprint density at radius 2 is 2.00 bits per heavy atom. The predicted octanol–water partition coefficient (Wildman–Crippen LogP) is 2.72. The number of carbonyl (C=O) groups is 2. The van der Waals surface area contributed by atoms with E-state index in [-0.39, 0.29) is 23.5 Å². The highest BCUT2D eigenvalue weighted by Crippen LogP contribution is 2.44. The van der Waals surface area contributed by atoms with Crippen molar-refractivity contribution in [3.8, 4) is 0 Å². The summed E-state index contributed by atoms with van der Waals surface area (Å²) >= 11 is 3.18. The molecule has 0 saturated heterocycles. The molecule has 7 heteroatoms. The summed E-state index contributed by atoms with van der Waals surface area (Å²) < 4.78 is 24.7. The van der Waals surface area contributed by atoms with Crippen molar-refractivity contribution < 1.29 is 23.5 Å². The summed E-state index contributed by atoms with van der Waals surface area (Å²) in [6, 6.07) is 4.53. The van der Waals surface area contributed by atoms with Gasteiger partial charge in [-0.3, -0.25) is 4.79 Å². The lowest BCUT2D eigenvalue weighted by Gasteiger charge is -2.34. The fourth-order valence-corrected chi connectivity index (χ4v) is 3.94. The second-order valence-corrected chi connectivity index (χ2v) is 7.02. The predicted molar refractivity (Wildman–Crippen MR) is 90.0 cm³/mol. The Labute approximate surface area is 152 Å². The minimum atomic E-state index is -0.580. The molecule has 0 unspecified atom stereocenters. The molecule has 3 heterocycles. The van der Waals surface area contributed by atoms with Crippen LogP contribution in [0, 0.1) is 5.82 Å². The fraction of sp³-hybridized carbons (Fsp3) is 0.333. The summed E-state index contributed by atoms with van der Waals surface area (Å²) in [5.41, 5.74) is 2.88. The summed E-state index contributed by atoms with van der Waals surface area (Å²) in [4.78, 5) is 25.2. The van der Waals surface area contributed by atoms with Gasteiger partial charge in [-0.2, -0.15) is 0 Å². The quantitative estimate of drug-likeness (QED) is 0.763. The minimum Gasteiger partial charge on any atom is -0.456 e. The van der Waals surface area contributed by atoms with Crippen LogP contribution in [0.3, 0.4) is 0 Å². The maximum absolute atomic E-state index is 13.7. The van der Waals surface area contributed by atoms with Crippen molar-refractivity contribution >= 4 is 27.7 Å². The van der Waals surface area contributed by atoms with Crippen molar-refractivity contribution in [2.45, 2.75) is 25.4 Å². The third kappa shape index (κ3) is 2.53. The number of hydrogen-bond donors (Lipinski definition) is 1. The molecule has 3 aliphatic heterocycles. The molecule has 0 saturated carbocycles. The van der Waals surface area contributed by atoms with Crippen molar-refractivity contribution in [2.75, 3.05) is 13.2 Å². The van der Waals surface area contributed by atoms with Crippen molar-refractivity contribution in [3.05, 3.63) is 56.6 Å².